The van der Waals surface area contributed by atoms with Gasteiger partial charge in [-0.15, -0.1) is 0 Å². The van der Waals surface area contributed by atoms with E-state index in [1.165, 1.54) is 0 Å². The molecule has 18 heavy (non-hydrogen) atoms. The molecule has 1 aromatic carbocycles. The first-order valence-corrected chi connectivity index (χ1v) is 5.90. The Kier molecular flexibility index (Phi) is 3.94. The average molecular weight is 247 g/mol. The quantitative estimate of drug-likeness (QED) is 0.845. The molecule has 1 unspecified atom stereocenters. The molecule has 5 heteroatoms. The number of amides is 2. The van der Waals surface area contributed by atoms with Crippen LogP contribution in [0.2, 0.25) is 0 Å². The van der Waals surface area contributed by atoms with Crippen molar-refractivity contribution in [3.8, 4) is 0 Å². The third-order valence-electron chi connectivity index (χ3n) is 3.00. The maximum Gasteiger partial charge on any atom is 0.345 e. The molecule has 0 aliphatic carbocycles. The molecule has 0 fully saturated rings. The molecule has 1 aromatic rings. The maximum atomic E-state index is 11.7. The van der Waals surface area contributed by atoms with Gasteiger partial charge in [-0.1, -0.05) is 30.3 Å². The van der Waals surface area contributed by atoms with Crippen molar-refractivity contribution in [1.82, 2.24) is 4.90 Å². The fourth-order valence-corrected chi connectivity index (χ4v) is 2.04. The number of ether oxygens (including phenoxy) is 1. The van der Waals surface area contributed by atoms with Crippen molar-refractivity contribution in [3.63, 3.8) is 0 Å². The van der Waals surface area contributed by atoms with Crippen molar-refractivity contribution in [2.45, 2.75) is 12.5 Å². The van der Waals surface area contributed by atoms with Crippen molar-refractivity contribution < 1.29 is 9.53 Å². The summed E-state index contributed by atoms with van der Waals surface area (Å²) in [5, 5.41) is 0. The zero-order valence-electron chi connectivity index (χ0n) is 10.4. The zero-order valence-corrected chi connectivity index (χ0v) is 10.4. The molecule has 0 spiro atoms. The monoisotopic (exact) mass is 247 g/mol. The van der Waals surface area contributed by atoms with Crippen LogP contribution in [0.15, 0.2) is 35.3 Å². The summed E-state index contributed by atoms with van der Waals surface area (Å²) in [7, 11) is 1.61. The van der Waals surface area contributed by atoms with Gasteiger partial charge >= 0.3 is 6.03 Å². The maximum absolute atomic E-state index is 11.7. The average Bonchev–Trinajstić information content (AvgIpc) is 2.63. The number of carbonyl (C=O) groups excluding carboxylic acids is 1. The second-order valence-corrected chi connectivity index (χ2v) is 4.21. The highest BCUT2D eigenvalue weighted by Crippen LogP contribution is 2.15. The molecule has 0 saturated heterocycles. The normalized spacial score (nSPS) is 19.2. The molecule has 1 heterocycles. The highest BCUT2D eigenvalue weighted by Gasteiger charge is 2.32. The van der Waals surface area contributed by atoms with Gasteiger partial charge in [0.05, 0.1) is 12.6 Å². The Labute approximate surface area is 106 Å². The number of carbonyl (C=O) groups is 1. The van der Waals surface area contributed by atoms with Crippen LogP contribution in [0.4, 0.5) is 4.79 Å². The van der Waals surface area contributed by atoms with Gasteiger partial charge in [0.1, 0.15) is 5.84 Å². The van der Waals surface area contributed by atoms with Crippen molar-refractivity contribution in [2.75, 3.05) is 20.3 Å². The number of aliphatic imine (C=N–C) groups is 1. The summed E-state index contributed by atoms with van der Waals surface area (Å²) in [6, 6.07) is 9.51. The van der Waals surface area contributed by atoms with Crippen LogP contribution in [0.3, 0.4) is 0 Å². The van der Waals surface area contributed by atoms with Crippen LogP contribution in [0.5, 0.6) is 0 Å². The summed E-state index contributed by atoms with van der Waals surface area (Å²) in [6.07, 6.45) is 0.686. The van der Waals surface area contributed by atoms with Gasteiger partial charge in [-0.05, 0) is 5.56 Å². The number of urea groups is 1. The van der Waals surface area contributed by atoms with E-state index in [1.54, 1.807) is 12.0 Å². The molecule has 0 bridgehead atoms. The van der Waals surface area contributed by atoms with Gasteiger partial charge in [-0.25, -0.2) is 4.79 Å². The lowest BCUT2D eigenvalue weighted by Crippen LogP contribution is -2.43. The van der Waals surface area contributed by atoms with Crippen LogP contribution in [0.1, 0.15) is 5.56 Å². The molecule has 0 aromatic heterocycles. The lowest BCUT2D eigenvalue weighted by Gasteiger charge is -2.23. The second kappa shape index (κ2) is 5.64. The molecule has 0 radical (unpaired) electrons. The Morgan fingerprint density at radius 2 is 2.11 bits per heavy atom. The van der Waals surface area contributed by atoms with E-state index < -0.39 is 0 Å². The van der Waals surface area contributed by atoms with Crippen LogP contribution in [0.25, 0.3) is 0 Å². The van der Waals surface area contributed by atoms with Crippen LogP contribution in [-0.2, 0) is 11.2 Å². The van der Waals surface area contributed by atoms with E-state index in [2.05, 4.69) is 4.99 Å². The standard InChI is InChI=1S/C13H17N3O2/c1-18-8-7-16-11(12(14)15-13(16)17)9-10-5-3-2-4-6-10/h2-6,11H,7-9H2,1H3,(H2,14,15,17). The molecule has 1 aliphatic heterocycles. The molecule has 2 rings (SSSR count). The molecular weight excluding hydrogens is 230 g/mol. The zero-order chi connectivity index (χ0) is 13.0. The Hall–Kier alpha value is -1.88. The summed E-state index contributed by atoms with van der Waals surface area (Å²) >= 11 is 0. The third-order valence-corrected chi connectivity index (χ3v) is 3.00. The van der Waals surface area contributed by atoms with Gasteiger partial charge in [0.15, 0.2) is 0 Å². The predicted molar refractivity (Wildman–Crippen MR) is 69.5 cm³/mol. The van der Waals surface area contributed by atoms with Crippen molar-refractivity contribution in [3.05, 3.63) is 35.9 Å². The second-order valence-electron chi connectivity index (χ2n) is 4.21. The van der Waals surface area contributed by atoms with Crippen molar-refractivity contribution in [2.24, 2.45) is 10.7 Å². The van der Waals surface area contributed by atoms with Gasteiger partial charge in [-0.2, -0.15) is 4.99 Å². The SMILES string of the molecule is COCCN1C(=O)N=C(N)C1Cc1ccccc1. The third kappa shape index (κ3) is 2.68. The van der Waals surface area contributed by atoms with Gasteiger partial charge in [0.25, 0.3) is 0 Å². The predicted octanol–water partition coefficient (Wildman–Crippen LogP) is 1.04. The van der Waals surface area contributed by atoms with Gasteiger partial charge in [0, 0.05) is 20.1 Å². The Bertz CT molecular complexity index is 445. The summed E-state index contributed by atoms with van der Waals surface area (Å²) in [4.78, 5) is 17.2. The molecule has 2 amide bonds. The summed E-state index contributed by atoms with van der Waals surface area (Å²) in [5.41, 5.74) is 6.96. The first-order valence-electron chi connectivity index (χ1n) is 5.90. The number of nitrogens with zero attached hydrogens (tertiary/aromatic N) is 2. The van der Waals surface area contributed by atoms with E-state index in [4.69, 9.17) is 10.5 Å². The molecule has 96 valence electrons. The number of nitrogens with two attached hydrogens (primary N) is 1. The van der Waals surface area contributed by atoms with Crippen LogP contribution < -0.4 is 5.73 Å². The largest absolute Gasteiger partial charge is 0.385 e. The summed E-state index contributed by atoms with van der Waals surface area (Å²) in [5.74, 6) is 0.389. The minimum absolute atomic E-state index is 0.157. The number of hydrogen-bond acceptors (Lipinski definition) is 3. The van der Waals surface area contributed by atoms with Crippen LogP contribution >= 0.6 is 0 Å². The van der Waals surface area contributed by atoms with E-state index in [-0.39, 0.29) is 12.1 Å². The highest BCUT2D eigenvalue weighted by molar-refractivity contribution is 6.02. The fraction of sp³-hybridized carbons (Fsp3) is 0.385. The van der Waals surface area contributed by atoms with Gasteiger partial charge < -0.3 is 15.4 Å². The van der Waals surface area contributed by atoms with E-state index in [9.17, 15) is 4.79 Å². The number of hydrogen-bond donors (Lipinski definition) is 1. The molecule has 1 aliphatic rings. The molecule has 5 nitrogen and oxygen atoms in total. The first kappa shape index (κ1) is 12.6. The molecule has 0 saturated carbocycles. The minimum Gasteiger partial charge on any atom is -0.385 e. The fourth-order valence-electron chi connectivity index (χ4n) is 2.04. The first-order chi connectivity index (χ1) is 8.72. The van der Waals surface area contributed by atoms with Crippen LogP contribution in [-0.4, -0.2) is 43.1 Å². The van der Waals surface area contributed by atoms with Crippen molar-refractivity contribution in [1.29, 1.82) is 0 Å². The van der Waals surface area contributed by atoms with E-state index in [0.717, 1.165) is 5.56 Å². The number of rotatable bonds is 5. The van der Waals surface area contributed by atoms with Gasteiger partial charge in [-0.3, -0.25) is 0 Å². The summed E-state index contributed by atoms with van der Waals surface area (Å²) < 4.78 is 5.00. The Morgan fingerprint density at radius 3 is 2.78 bits per heavy atom. The molecule has 2 N–H and O–H groups in total. The lowest BCUT2D eigenvalue weighted by molar-refractivity contribution is 0.150. The van der Waals surface area contributed by atoms with Crippen LogP contribution in [0, 0.1) is 0 Å². The number of benzene rings is 1. The highest BCUT2D eigenvalue weighted by atomic mass is 16.5. The molecular formula is C13H17N3O2. The summed E-state index contributed by atoms with van der Waals surface area (Å²) in [6.45, 7) is 0.997. The topological polar surface area (TPSA) is 67.9 Å². The van der Waals surface area contributed by atoms with E-state index >= 15 is 0 Å². The number of amidine groups is 1. The molecule has 1 atom stereocenters. The van der Waals surface area contributed by atoms with Gasteiger partial charge in [0.2, 0.25) is 0 Å². The van der Waals surface area contributed by atoms with Crippen molar-refractivity contribution >= 4 is 11.9 Å². The number of methoxy groups -OCH3 is 1. The minimum atomic E-state index is -0.273. The Morgan fingerprint density at radius 1 is 1.39 bits per heavy atom. The smallest absolute Gasteiger partial charge is 0.345 e. The Balaban J connectivity index is 2.08. The van der Waals surface area contributed by atoms with E-state index in [0.29, 0.717) is 25.4 Å². The van der Waals surface area contributed by atoms with E-state index in [1.807, 2.05) is 30.3 Å². The lowest BCUT2D eigenvalue weighted by atomic mass is 10.0.